The van der Waals surface area contributed by atoms with Crippen molar-refractivity contribution in [3.63, 3.8) is 0 Å². The molecule has 0 fully saturated rings. The number of nitro groups is 1. The van der Waals surface area contributed by atoms with Crippen LogP contribution in [0, 0.1) is 15.9 Å². The quantitative estimate of drug-likeness (QED) is 0.164. The number of halogens is 2. The number of carbonyl (C=O) groups excluding carboxylic acids is 2. The van der Waals surface area contributed by atoms with Crippen molar-refractivity contribution >= 4 is 56.0 Å². The summed E-state index contributed by atoms with van der Waals surface area (Å²) in [4.78, 5) is 43.4. The highest BCUT2D eigenvalue weighted by Gasteiger charge is 2.21. The molecule has 0 saturated carbocycles. The lowest BCUT2D eigenvalue weighted by Gasteiger charge is -2.21. The Morgan fingerprint density at radius 3 is 2.62 bits per heavy atom. The van der Waals surface area contributed by atoms with E-state index in [9.17, 15) is 24.1 Å². The first-order valence-electron chi connectivity index (χ1n) is 11.9. The minimum absolute atomic E-state index is 0.00102. The molecule has 208 valence electrons. The first-order valence-corrected chi connectivity index (χ1v) is 12.7. The Balaban J connectivity index is 1.63. The molecule has 2 amide bonds. The Labute approximate surface area is 232 Å². The third-order valence-corrected chi connectivity index (χ3v) is 5.53. The van der Waals surface area contributed by atoms with E-state index < -0.39 is 28.5 Å². The third-order valence-electron chi connectivity index (χ3n) is 5.03. The lowest BCUT2D eigenvalue weighted by atomic mass is 10.2. The Morgan fingerprint density at radius 1 is 1.21 bits per heavy atom. The molecule has 0 aliphatic heterocycles. The summed E-state index contributed by atoms with van der Waals surface area (Å²) in [5.74, 6) is -0.764. The van der Waals surface area contributed by atoms with Crippen molar-refractivity contribution in [3.05, 3.63) is 57.1 Å². The van der Waals surface area contributed by atoms with Crippen molar-refractivity contribution in [1.29, 1.82) is 0 Å². The number of fused-ring (bicyclic) bond motifs is 1. The predicted octanol–water partition coefficient (Wildman–Crippen LogP) is 4.98. The molecular weight excluding hydrogens is 579 g/mol. The van der Waals surface area contributed by atoms with Gasteiger partial charge in [0.15, 0.2) is 5.75 Å². The summed E-state index contributed by atoms with van der Waals surface area (Å²) in [5.41, 5.74) is -0.543. The van der Waals surface area contributed by atoms with Gasteiger partial charge in [0, 0.05) is 29.1 Å². The van der Waals surface area contributed by atoms with Crippen LogP contribution in [0.1, 0.15) is 34.1 Å². The van der Waals surface area contributed by atoms with Crippen LogP contribution in [0.25, 0.3) is 10.9 Å². The molecule has 0 spiro atoms. The lowest BCUT2D eigenvalue weighted by molar-refractivity contribution is -0.385. The predicted molar refractivity (Wildman–Crippen MR) is 146 cm³/mol. The zero-order chi connectivity index (χ0) is 28.7. The average molecular weight is 607 g/mol. The fourth-order valence-corrected chi connectivity index (χ4v) is 3.74. The van der Waals surface area contributed by atoms with E-state index in [4.69, 9.17) is 9.47 Å². The molecule has 3 N–H and O–H groups in total. The number of hydrogen-bond donors (Lipinski definition) is 3. The molecule has 2 aromatic carbocycles. The normalized spacial score (nSPS) is 11.9. The number of aromatic nitrogens is 2. The Hall–Kier alpha value is -4.07. The van der Waals surface area contributed by atoms with Crippen molar-refractivity contribution in [2.24, 2.45) is 0 Å². The van der Waals surface area contributed by atoms with E-state index >= 15 is 0 Å². The van der Waals surface area contributed by atoms with Gasteiger partial charge < -0.3 is 25.4 Å². The maximum absolute atomic E-state index is 14.3. The summed E-state index contributed by atoms with van der Waals surface area (Å²) in [6, 6.07) is 6.56. The van der Waals surface area contributed by atoms with Gasteiger partial charge in [0.25, 0.3) is 0 Å². The summed E-state index contributed by atoms with van der Waals surface area (Å²) in [7, 11) is 0. The molecule has 1 unspecified atom stereocenters. The molecule has 0 saturated heterocycles. The van der Waals surface area contributed by atoms with Crippen LogP contribution in [0.15, 0.2) is 41.1 Å². The molecule has 1 atom stereocenters. The molecule has 0 aliphatic carbocycles. The van der Waals surface area contributed by atoms with E-state index in [2.05, 4.69) is 41.8 Å². The smallest absolute Gasteiger partial charge is 0.407 e. The number of amides is 2. The number of nitrogens with zero attached hydrogens (tertiary/aromatic N) is 3. The third kappa shape index (κ3) is 8.74. The molecule has 0 aliphatic rings. The highest BCUT2D eigenvalue weighted by molar-refractivity contribution is 9.10. The standard InChI is InChI=1S/C25H28BrFN6O6/c1-14(31-24(35)39-25(2,3)4)9-22(34)28-7-8-38-21-12-19-16(11-20(21)33(36)37)23(30-13-29-19)32-18-6-5-15(26)10-17(18)27/h5-6,10-14H,7-9H2,1-4H3,(H,28,34)(H,31,35)(H,29,30,32). The van der Waals surface area contributed by atoms with Crippen LogP contribution in [-0.4, -0.2) is 51.7 Å². The Morgan fingerprint density at radius 2 is 1.95 bits per heavy atom. The number of nitrogens with one attached hydrogen (secondary N) is 3. The van der Waals surface area contributed by atoms with E-state index in [1.165, 1.54) is 30.6 Å². The van der Waals surface area contributed by atoms with Gasteiger partial charge >= 0.3 is 11.8 Å². The number of hydrogen-bond acceptors (Lipinski definition) is 9. The van der Waals surface area contributed by atoms with E-state index in [-0.39, 0.29) is 48.4 Å². The highest BCUT2D eigenvalue weighted by atomic mass is 79.9. The van der Waals surface area contributed by atoms with E-state index in [1.807, 2.05) is 0 Å². The minimum atomic E-state index is -0.656. The van der Waals surface area contributed by atoms with Gasteiger partial charge in [-0.1, -0.05) is 15.9 Å². The first kappa shape index (κ1) is 29.5. The van der Waals surface area contributed by atoms with Crippen LogP contribution < -0.4 is 20.7 Å². The van der Waals surface area contributed by atoms with Gasteiger partial charge in [-0.05, 0) is 45.9 Å². The maximum atomic E-state index is 14.3. The van der Waals surface area contributed by atoms with E-state index in [0.29, 0.717) is 15.4 Å². The topological polar surface area (TPSA) is 158 Å². The molecule has 39 heavy (non-hydrogen) atoms. The van der Waals surface area contributed by atoms with Crippen molar-refractivity contribution in [3.8, 4) is 5.75 Å². The molecule has 12 nitrogen and oxygen atoms in total. The van der Waals surface area contributed by atoms with Crippen LogP contribution in [-0.2, 0) is 9.53 Å². The average Bonchev–Trinajstić information content (AvgIpc) is 2.81. The summed E-state index contributed by atoms with van der Waals surface area (Å²) >= 11 is 3.19. The number of ether oxygens (including phenoxy) is 2. The molecule has 3 rings (SSSR count). The molecule has 0 radical (unpaired) electrons. The van der Waals surface area contributed by atoms with Gasteiger partial charge in [-0.3, -0.25) is 14.9 Å². The van der Waals surface area contributed by atoms with Gasteiger partial charge in [-0.15, -0.1) is 0 Å². The summed E-state index contributed by atoms with van der Waals surface area (Å²) in [6.45, 7) is 6.86. The second kappa shape index (κ2) is 12.7. The zero-order valence-corrected chi connectivity index (χ0v) is 23.3. The molecule has 1 heterocycles. The van der Waals surface area contributed by atoms with Crippen molar-refractivity contribution in [1.82, 2.24) is 20.6 Å². The Kier molecular flexibility index (Phi) is 9.56. The zero-order valence-electron chi connectivity index (χ0n) is 21.7. The number of anilines is 2. The number of benzene rings is 2. The summed E-state index contributed by atoms with van der Waals surface area (Å²) in [6.07, 6.45) is 0.615. The van der Waals surface area contributed by atoms with Crippen LogP contribution in [0.4, 0.5) is 26.4 Å². The fraction of sp³-hybridized carbons (Fsp3) is 0.360. The highest BCUT2D eigenvalue weighted by Crippen LogP contribution is 2.35. The van der Waals surface area contributed by atoms with Crippen LogP contribution in [0.2, 0.25) is 0 Å². The largest absolute Gasteiger partial charge is 0.485 e. The SMILES string of the molecule is CC(CC(=O)NCCOc1cc2ncnc(Nc3ccc(Br)cc3F)c2cc1[N+](=O)[O-])NC(=O)OC(C)(C)C. The lowest BCUT2D eigenvalue weighted by Crippen LogP contribution is -2.40. The van der Waals surface area contributed by atoms with Gasteiger partial charge in [0.1, 0.15) is 30.2 Å². The van der Waals surface area contributed by atoms with Crippen LogP contribution >= 0.6 is 15.9 Å². The maximum Gasteiger partial charge on any atom is 0.407 e. The van der Waals surface area contributed by atoms with E-state index in [1.54, 1.807) is 33.8 Å². The molecular formula is C25H28BrFN6O6. The number of alkyl carbamates (subject to hydrolysis) is 1. The van der Waals surface area contributed by atoms with Crippen molar-refractivity contribution in [2.75, 3.05) is 18.5 Å². The fourth-order valence-electron chi connectivity index (χ4n) is 3.41. The van der Waals surface area contributed by atoms with Crippen molar-refractivity contribution < 1.29 is 28.4 Å². The van der Waals surface area contributed by atoms with E-state index in [0.717, 1.165) is 0 Å². The summed E-state index contributed by atoms with van der Waals surface area (Å²) < 4.78 is 25.6. The molecule has 0 bridgehead atoms. The van der Waals surface area contributed by atoms with Gasteiger partial charge in [0.2, 0.25) is 5.91 Å². The van der Waals surface area contributed by atoms with Gasteiger partial charge in [-0.2, -0.15) is 0 Å². The Bertz CT molecular complexity index is 1380. The first-order chi connectivity index (χ1) is 18.3. The number of nitro benzene ring substituents is 1. The number of rotatable bonds is 10. The number of carbonyl (C=O) groups is 2. The van der Waals surface area contributed by atoms with Crippen molar-refractivity contribution in [2.45, 2.75) is 45.8 Å². The van der Waals surface area contributed by atoms with Crippen LogP contribution in [0.5, 0.6) is 5.75 Å². The van der Waals surface area contributed by atoms with Crippen LogP contribution in [0.3, 0.4) is 0 Å². The molecule has 3 aromatic rings. The monoisotopic (exact) mass is 606 g/mol. The minimum Gasteiger partial charge on any atom is -0.485 e. The van der Waals surface area contributed by atoms with Gasteiger partial charge in [0.05, 0.1) is 28.1 Å². The van der Waals surface area contributed by atoms with Gasteiger partial charge in [-0.25, -0.2) is 19.2 Å². The second-order valence-corrected chi connectivity index (χ2v) is 10.4. The summed E-state index contributed by atoms with van der Waals surface area (Å²) in [5, 5.41) is 20.1. The molecule has 1 aromatic heterocycles. The molecule has 14 heteroatoms. The second-order valence-electron chi connectivity index (χ2n) is 9.52.